The summed E-state index contributed by atoms with van der Waals surface area (Å²) in [6.07, 6.45) is 0.121. The molecule has 0 saturated carbocycles. The van der Waals surface area contributed by atoms with Gasteiger partial charge in [0.25, 0.3) is 0 Å². The second kappa shape index (κ2) is 5.24. The van der Waals surface area contributed by atoms with E-state index in [1.807, 2.05) is 0 Å². The predicted molar refractivity (Wildman–Crippen MR) is 81.5 cm³/mol. The Labute approximate surface area is 135 Å². The Morgan fingerprint density at radius 1 is 1.50 bits per heavy atom. The lowest BCUT2D eigenvalue weighted by molar-refractivity contribution is -0.161. The van der Waals surface area contributed by atoms with E-state index >= 15 is 0 Å². The first-order valence-electron chi connectivity index (χ1n) is 6.72. The number of hydrogen-bond acceptors (Lipinski definition) is 6. The monoisotopic (exact) mass is 341 g/mol. The summed E-state index contributed by atoms with van der Waals surface area (Å²) in [6.45, 7) is 3.60. The van der Waals surface area contributed by atoms with Crippen LogP contribution in [0.15, 0.2) is 11.4 Å². The minimum Gasteiger partial charge on any atom is -0.480 e. The molecule has 22 heavy (non-hydrogen) atoms. The van der Waals surface area contributed by atoms with Gasteiger partial charge < -0.3 is 15.3 Å². The number of aromatic nitrogens is 1. The molecule has 118 valence electrons. The summed E-state index contributed by atoms with van der Waals surface area (Å²) in [5.41, 5.74) is 0.661. The maximum Gasteiger partial charge on any atom is 0.327 e. The molecule has 0 aliphatic carbocycles. The molecule has 9 heteroatoms. The molecule has 0 bridgehead atoms. The van der Waals surface area contributed by atoms with Crippen LogP contribution in [-0.4, -0.2) is 54.4 Å². The lowest BCUT2D eigenvalue weighted by Crippen LogP contribution is -2.70. The summed E-state index contributed by atoms with van der Waals surface area (Å²) < 4.78 is 3.47. The van der Waals surface area contributed by atoms with Crippen LogP contribution in [0.1, 0.15) is 19.5 Å². The van der Waals surface area contributed by atoms with Crippen LogP contribution >= 0.6 is 23.3 Å². The lowest BCUT2D eigenvalue weighted by Gasteiger charge is -2.43. The first-order valence-corrected chi connectivity index (χ1v) is 8.44. The first-order chi connectivity index (χ1) is 10.3. The Hall–Kier alpha value is -1.61. The fourth-order valence-corrected chi connectivity index (χ4v) is 5.03. The average molecular weight is 341 g/mol. The quantitative estimate of drug-likeness (QED) is 0.765. The maximum atomic E-state index is 12.2. The van der Waals surface area contributed by atoms with E-state index in [-0.39, 0.29) is 23.6 Å². The van der Waals surface area contributed by atoms with Gasteiger partial charge in [0.15, 0.2) is 0 Å². The van der Waals surface area contributed by atoms with Gasteiger partial charge >= 0.3 is 5.97 Å². The molecule has 1 aromatic rings. The zero-order chi connectivity index (χ0) is 16.1. The summed E-state index contributed by atoms with van der Waals surface area (Å²) in [7, 11) is 0. The van der Waals surface area contributed by atoms with Gasteiger partial charge in [0.2, 0.25) is 11.8 Å². The molecule has 1 aromatic heterocycles. The number of thioether (sulfide) groups is 1. The van der Waals surface area contributed by atoms with Gasteiger partial charge in [-0.1, -0.05) is 0 Å². The van der Waals surface area contributed by atoms with Gasteiger partial charge in [-0.3, -0.25) is 9.59 Å². The average Bonchev–Trinajstić information content (AvgIpc) is 3.00. The zero-order valence-electron chi connectivity index (χ0n) is 12.0. The van der Waals surface area contributed by atoms with Gasteiger partial charge in [0.1, 0.15) is 17.5 Å². The number of fused-ring (bicyclic) bond motifs is 1. The van der Waals surface area contributed by atoms with Crippen molar-refractivity contribution in [2.24, 2.45) is 0 Å². The number of carboxylic acids is 1. The highest BCUT2D eigenvalue weighted by atomic mass is 32.2. The van der Waals surface area contributed by atoms with E-state index in [1.54, 1.807) is 25.3 Å². The van der Waals surface area contributed by atoms with Crippen molar-refractivity contribution in [3.05, 3.63) is 17.1 Å². The van der Waals surface area contributed by atoms with Gasteiger partial charge in [-0.05, 0) is 31.4 Å². The highest BCUT2D eigenvalue weighted by Crippen LogP contribution is 2.50. The van der Waals surface area contributed by atoms with Crippen LogP contribution in [0.3, 0.4) is 0 Å². The normalized spacial score (nSPS) is 28.9. The van der Waals surface area contributed by atoms with Crippen LogP contribution in [0.25, 0.3) is 0 Å². The highest BCUT2D eigenvalue weighted by Gasteiger charge is 2.64. The summed E-state index contributed by atoms with van der Waals surface area (Å²) in [4.78, 5) is 36.9. The van der Waals surface area contributed by atoms with Crippen molar-refractivity contribution in [1.29, 1.82) is 0 Å². The number of carbonyl (C=O) groups is 3. The topological polar surface area (TPSA) is 99.6 Å². The van der Waals surface area contributed by atoms with Crippen molar-refractivity contribution >= 4 is 41.1 Å². The molecular formula is C13H15N3O4S2. The van der Waals surface area contributed by atoms with Crippen molar-refractivity contribution in [2.75, 3.05) is 0 Å². The summed E-state index contributed by atoms with van der Waals surface area (Å²) in [5, 5.41) is 13.5. The molecule has 3 atom stereocenters. The number of aliphatic carboxylic acids is 1. The predicted octanol–water partition coefficient (Wildman–Crippen LogP) is 0.317. The lowest BCUT2D eigenvalue weighted by atomic mass is 9.96. The molecular weight excluding hydrogens is 326 g/mol. The van der Waals surface area contributed by atoms with Crippen LogP contribution in [0.5, 0.6) is 0 Å². The van der Waals surface area contributed by atoms with E-state index in [0.717, 1.165) is 0 Å². The van der Waals surface area contributed by atoms with Crippen molar-refractivity contribution < 1.29 is 19.5 Å². The van der Waals surface area contributed by atoms with Crippen molar-refractivity contribution in [2.45, 2.75) is 42.5 Å². The smallest absolute Gasteiger partial charge is 0.327 e. The third kappa shape index (κ3) is 2.38. The minimum absolute atomic E-state index is 0.121. The molecule has 2 aliphatic heterocycles. The molecule has 2 amide bonds. The van der Waals surface area contributed by atoms with Gasteiger partial charge in [-0.25, -0.2) is 4.79 Å². The maximum absolute atomic E-state index is 12.2. The number of carbonyl (C=O) groups excluding carboxylic acids is 2. The molecule has 2 saturated heterocycles. The summed E-state index contributed by atoms with van der Waals surface area (Å²) in [6, 6.07) is 0.244. The molecule has 3 rings (SSSR count). The Morgan fingerprint density at radius 2 is 2.23 bits per heavy atom. The van der Waals surface area contributed by atoms with E-state index in [4.69, 9.17) is 0 Å². The molecule has 2 fully saturated rings. The van der Waals surface area contributed by atoms with Crippen molar-refractivity contribution in [1.82, 2.24) is 14.6 Å². The van der Waals surface area contributed by atoms with Crippen molar-refractivity contribution in [3.63, 3.8) is 0 Å². The number of nitrogens with one attached hydrogen (secondary N) is 1. The molecule has 0 aromatic carbocycles. The van der Waals surface area contributed by atoms with Crippen LogP contribution in [0.4, 0.5) is 0 Å². The minimum atomic E-state index is -1.01. The standard InChI is InChI=1S/C13H15N3O4S2/c1-13(2)9(12(19)20)16-10(18)8(11(16)22-13)14-7(17)5-6-3-4-21-15-6/h3-4,8-9,11H,5H2,1-2H3,(H,14,17)(H,19,20)/t8-,9+,11-/m1/s1. The Morgan fingerprint density at radius 3 is 2.82 bits per heavy atom. The number of nitrogens with zero attached hydrogens (tertiary/aromatic N) is 2. The Balaban J connectivity index is 1.67. The third-order valence-electron chi connectivity index (χ3n) is 3.82. The van der Waals surface area contributed by atoms with Crippen LogP contribution in [0.2, 0.25) is 0 Å². The van der Waals surface area contributed by atoms with Gasteiger partial charge in [0.05, 0.1) is 12.1 Å². The van der Waals surface area contributed by atoms with E-state index in [0.29, 0.717) is 5.69 Å². The van der Waals surface area contributed by atoms with E-state index in [9.17, 15) is 19.5 Å². The number of rotatable bonds is 4. The molecule has 3 heterocycles. The molecule has 2 N–H and O–H groups in total. The molecule has 0 spiro atoms. The van der Waals surface area contributed by atoms with Crippen LogP contribution < -0.4 is 5.32 Å². The van der Waals surface area contributed by atoms with Crippen molar-refractivity contribution in [3.8, 4) is 0 Å². The first kappa shape index (κ1) is 15.3. The zero-order valence-corrected chi connectivity index (χ0v) is 13.6. The van der Waals surface area contributed by atoms with E-state index in [1.165, 1.54) is 28.2 Å². The summed E-state index contributed by atoms with van der Waals surface area (Å²) in [5.74, 6) is -1.62. The van der Waals surface area contributed by atoms with Gasteiger partial charge in [-0.15, -0.1) is 11.8 Å². The SMILES string of the molecule is CC1(C)S[C@@H]2[C@H](NC(=O)Cc3ccsn3)C(=O)N2[C@H]1C(=O)O. The Bertz CT molecular complexity index is 631. The molecule has 0 radical (unpaired) electrons. The van der Waals surface area contributed by atoms with Crippen LogP contribution in [-0.2, 0) is 20.8 Å². The second-order valence-corrected chi connectivity index (χ2v) is 8.25. The number of carboxylic acid groups (broad SMARTS) is 1. The molecule has 0 unspecified atom stereocenters. The number of hydrogen-bond donors (Lipinski definition) is 2. The Kier molecular flexibility index (Phi) is 3.64. The van der Waals surface area contributed by atoms with Gasteiger partial charge in [-0.2, -0.15) is 4.37 Å². The third-order valence-corrected chi connectivity index (χ3v) is 5.99. The summed E-state index contributed by atoms with van der Waals surface area (Å²) >= 11 is 2.68. The second-order valence-electron chi connectivity index (χ2n) is 5.81. The van der Waals surface area contributed by atoms with E-state index < -0.39 is 22.8 Å². The number of amides is 2. The largest absolute Gasteiger partial charge is 0.480 e. The highest BCUT2D eigenvalue weighted by molar-refractivity contribution is 8.01. The van der Waals surface area contributed by atoms with Crippen LogP contribution in [0, 0.1) is 0 Å². The molecule has 7 nitrogen and oxygen atoms in total. The number of β-lactam (4-membered cyclic amide) rings is 1. The fourth-order valence-electron chi connectivity index (χ4n) is 2.86. The molecule has 2 aliphatic rings. The van der Waals surface area contributed by atoms with Gasteiger partial charge in [0, 0.05) is 10.1 Å². The van der Waals surface area contributed by atoms with E-state index in [2.05, 4.69) is 9.69 Å². The fraction of sp³-hybridized carbons (Fsp3) is 0.538.